The van der Waals surface area contributed by atoms with E-state index in [1.807, 2.05) is 6.07 Å². The van der Waals surface area contributed by atoms with Crippen molar-refractivity contribution in [3.8, 4) is 0 Å². The standard InChI is InChI=1S/C18H36N3.C11H20N3.C10H17N2/c1-4-7-8-9-10-11-12-13-14-20-15-16-21(18-20)17-19(5-2)6-3;1-2-12-8-9-14(10-12)11-13-6-4-3-5-7-13;1-3-11(4-2)10-12-8-6-5-7-9-12/h15-16,18H,4-14,17H2,1-3H3;8-10H,2-7,11H2,1H3;5-9H,3-4,10H2,1-2H3/q3*+1. The number of imidazole rings is 2. The summed E-state index contributed by atoms with van der Waals surface area (Å²) in [5.74, 6) is 0. The van der Waals surface area contributed by atoms with Gasteiger partial charge >= 0.3 is 0 Å². The summed E-state index contributed by atoms with van der Waals surface area (Å²) >= 11 is 0. The summed E-state index contributed by atoms with van der Waals surface area (Å²) in [4.78, 5) is 7.34. The van der Waals surface area contributed by atoms with E-state index in [1.165, 1.54) is 90.3 Å². The number of aryl methyl sites for hydroxylation is 2. The Bertz CT molecular complexity index is 1100. The SMILES string of the molecule is CCCCCCCCCCn1cc[n+](CN(CC)CC)c1.CCN(CC)C[n+]1ccccc1.CCn1cc[n+](CN2CCCCC2)c1. The summed E-state index contributed by atoms with van der Waals surface area (Å²) in [7, 11) is 0. The number of hydrogen-bond donors (Lipinski definition) is 0. The molecule has 0 amide bonds. The Balaban J connectivity index is 0.000000257. The van der Waals surface area contributed by atoms with E-state index >= 15 is 0 Å². The first kappa shape index (κ1) is 40.6. The van der Waals surface area contributed by atoms with Gasteiger partial charge in [-0.15, -0.1) is 0 Å². The van der Waals surface area contributed by atoms with E-state index in [1.54, 1.807) is 0 Å². The molecule has 1 aliphatic rings. The predicted molar refractivity (Wildman–Crippen MR) is 195 cm³/mol. The summed E-state index contributed by atoms with van der Waals surface area (Å²) in [6.07, 6.45) is 32.6. The minimum atomic E-state index is 0.994. The van der Waals surface area contributed by atoms with Gasteiger partial charge < -0.3 is 0 Å². The molecule has 3 aromatic heterocycles. The fourth-order valence-electron chi connectivity index (χ4n) is 5.96. The van der Waals surface area contributed by atoms with Crippen molar-refractivity contribution in [2.75, 3.05) is 39.3 Å². The molecule has 0 radical (unpaired) electrons. The smallest absolute Gasteiger partial charge is 0.244 e. The van der Waals surface area contributed by atoms with Gasteiger partial charge in [0.15, 0.2) is 12.4 Å². The Kier molecular flexibility index (Phi) is 22.8. The molecule has 47 heavy (non-hydrogen) atoms. The van der Waals surface area contributed by atoms with Crippen molar-refractivity contribution in [1.29, 1.82) is 0 Å². The average molecular weight is 654 g/mol. The minimum Gasteiger partial charge on any atom is -0.268 e. The van der Waals surface area contributed by atoms with Gasteiger partial charge in [0.1, 0.15) is 38.1 Å². The molecule has 0 N–H and O–H groups in total. The molecule has 1 fully saturated rings. The maximum atomic E-state index is 2.53. The van der Waals surface area contributed by atoms with E-state index in [2.05, 4.69) is 141 Å². The van der Waals surface area contributed by atoms with E-state index in [0.29, 0.717) is 0 Å². The van der Waals surface area contributed by atoms with Crippen LogP contribution in [-0.4, -0.2) is 63.1 Å². The molecule has 8 nitrogen and oxygen atoms in total. The Morgan fingerprint density at radius 1 is 0.532 bits per heavy atom. The fraction of sp³-hybridized carbons (Fsp3) is 0.718. The lowest BCUT2D eigenvalue weighted by Crippen LogP contribution is -2.44. The molecule has 266 valence electrons. The Hall–Kier alpha value is -2.55. The van der Waals surface area contributed by atoms with Gasteiger partial charge in [0.25, 0.3) is 0 Å². The number of hydrogen-bond acceptors (Lipinski definition) is 3. The number of pyridine rings is 1. The lowest BCUT2D eigenvalue weighted by Gasteiger charge is -2.24. The van der Waals surface area contributed by atoms with Gasteiger partial charge in [-0.1, -0.05) is 85.6 Å². The second-order valence-corrected chi connectivity index (χ2v) is 13.0. The number of nitrogens with zero attached hydrogens (tertiary/aromatic N) is 8. The zero-order valence-electron chi connectivity index (χ0n) is 31.5. The van der Waals surface area contributed by atoms with Crippen LogP contribution in [0.15, 0.2) is 68.0 Å². The highest BCUT2D eigenvalue weighted by atomic mass is 15.3. The molecule has 0 atom stereocenters. The second kappa shape index (κ2) is 26.4. The quantitative estimate of drug-likeness (QED) is 0.100. The highest BCUT2D eigenvalue weighted by Crippen LogP contribution is 2.09. The minimum absolute atomic E-state index is 0.994. The van der Waals surface area contributed by atoms with Crippen LogP contribution in [-0.2, 0) is 33.1 Å². The van der Waals surface area contributed by atoms with Gasteiger partial charge in [-0.3, -0.25) is 9.80 Å². The van der Waals surface area contributed by atoms with Crippen LogP contribution in [0.3, 0.4) is 0 Å². The van der Waals surface area contributed by atoms with Crippen LogP contribution >= 0.6 is 0 Å². The first-order chi connectivity index (χ1) is 23.0. The van der Waals surface area contributed by atoms with Crippen molar-refractivity contribution in [2.45, 2.75) is 145 Å². The maximum absolute atomic E-state index is 2.53. The molecule has 0 aromatic carbocycles. The summed E-state index contributed by atoms with van der Waals surface area (Å²) in [5, 5.41) is 0. The molecule has 0 unspecified atom stereocenters. The van der Waals surface area contributed by atoms with Crippen molar-refractivity contribution in [2.24, 2.45) is 0 Å². The maximum Gasteiger partial charge on any atom is 0.244 e. The van der Waals surface area contributed by atoms with Gasteiger partial charge in [-0.05, 0) is 45.7 Å². The van der Waals surface area contributed by atoms with Crippen LogP contribution in [0.4, 0.5) is 0 Å². The van der Waals surface area contributed by atoms with Crippen LogP contribution in [0, 0.1) is 0 Å². The molecule has 1 aliphatic heterocycles. The van der Waals surface area contributed by atoms with Gasteiger partial charge in [0.05, 0.1) is 13.1 Å². The zero-order chi connectivity index (χ0) is 34.0. The summed E-state index contributed by atoms with van der Waals surface area (Å²) in [6.45, 7) is 25.6. The molecular weight excluding hydrogens is 580 g/mol. The van der Waals surface area contributed by atoms with Crippen LogP contribution in [0.5, 0.6) is 0 Å². The molecule has 0 bridgehead atoms. The Morgan fingerprint density at radius 3 is 1.64 bits per heavy atom. The van der Waals surface area contributed by atoms with E-state index in [-0.39, 0.29) is 0 Å². The molecule has 1 saturated heterocycles. The third kappa shape index (κ3) is 18.5. The molecule has 4 rings (SSSR count). The first-order valence-electron chi connectivity index (χ1n) is 19.3. The summed E-state index contributed by atoms with van der Waals surface area (Å²) in [5.41, 5.74) is 0. The van der Waals surface area contributed by atoms with Gasteiger partial charge in [-0.25, -0.2) is 23.2 Å². The lowest BCUT2D eigenvalue weighted by molar-refractivity contribution is -0.715. The average Bonchev–Trinajstić information content (AvgIpc) is 3.78. The lowest BCUT2D eigenvalue weighted by atomic mass is 10.1. The predicted octanol–water partition coefficient (Wildman–Crippen LogP) is 6.73. The van der Waals surface area contributed by atoms with Crippen LogP contribution < -0.4 is 13.7 Å². The monoisotopic (exact) mass is 654 g/mol. The van der Waals surface area contributed by atoms with Crippen LogP contribution in [0.1, 0.15) is 112 Å². The molecule has 0 spiro atoms. The normalized spacial score (nSPS) is 13.4. The zero-order valence-corrected chi connectivity index (χ0v) is 31.5. The molecule has 0 aliphatic carbocycles. The van der Waals surface area contributed by atoms with Gasteiger partial charge in [-0.2, -0.15) is 4.57 Å². The Labute approximate surface area is 289 Å². The highest BCUT2D eigenvalue weighted by Gasteiger charge is 2.13. The van der Waals surface area contributed by atoms with Gasteiger partial charge in [0.2, 0.25) is 19.3 Å². The number of piperidine rings is 1. The van der Waals surface area contributed by atoms with E-state index in [4.69, 9.17) is 0 Å². The van der Waals surface area contributed by atoms with Crippen molar-refractivity contribution >= 4 is 0 Å². The topological polar surface area (TPSA) is 31.2 Å². The van der Waals surface area contributed by atoms with Gasteiger partial charge in [0, 0.05) is 38.3 Å². The fourth-order valence-corrected chi connectivity index (χ4v) is 5.96. The summed E-state index contributed by atoms with van der Waals surface area (Å²) < 4.78 is 11.3. The molecule has 3 aromatic rings. The van der Waals surface area contributed by atoms with E-state index in [9.17, 15) is 0 Å². The number of likely N-dealkylation sites (tertiary alicyclic amines) is 1. The van der Waals surface area contributed by atoms with E-state index in [0.717, 1.165) is 52.7 Å². The van der Waals surface area contributed by atoms with Crippen molar-refractivity contribution in [1.82, 2.24) is 23.8 Å². The van der Waals surface area contributed by atoms with Crippen LogP contribution in [0.2, 0.25) is 0 Å². The number of aromatic nitrogens is 5. The molecule has 0 saturated carbocycles. The molecule has 4 heterocycles. The van der Waals surface area contributed by atoms with Crippen molar-refractivity contribution in [3.05, 3.63) is 68.0 Å². The third-order valence-electron chi connectivity index (χ3n) is 9.23. The Morgan fingerprint density at radius 2 is 1.06 bits per heavy atom. The summed E-state index contributed by atoms with van der Waals surface area (Å²) in [6, 6.07) is 6.16. The van der Waals surface area contributed by atoms with Crippen molar-refractivity contribution in [3.63, 3.8) is 0 Å². The largest absolute Gasteiger partial charge is 0.268 e. The third-order valence-corrected chi connectivity index (χ3v) is 9.23. The number of unbranched alkanes of at least 4 members (excludes halogenated alkanes) is 7. The molecule has 8 heteroatoms. The van der Waals surface area contributed by atoms with Crippen molar-refractivity contribution < 1.29 is 13.7 Å². The molecular formula is C39H73N8+3. The number of rotatable bonds is 20. The van der Waals surface area contributed by atoms with E-state index < -0.39 is 0 Å². The highest BCUT2D eigenvalue weighted by molar-refractivity contribution is 4.83. The first-order valence-corrected chi connectivity index (χ1v) is 19.3. The van der Waals surface area contributed by atoms with Crippen LogP contribution in [0.25, 0.3) is 0 Å². The second-order valence-electron chi connectivity index (χ2n) is 13.0.